The molecule has 0 aromatic heterocycles. The molecule has 142 valence electrons. The summed E-state index contributed by atoms with van der Waals surface area (Å²) in [7, 11) is -3.53. The van der Waals surface area contributed by atoms with Gasteiger partial charge < -0.3 is 14.2 Å². The van der Waals surface area contributed by atoms with E-state index < -0.39 is 15.6 Å². The van der Waals surface area contributed by atoms with Crippen LogP contribution in [0, 0.1) is 5.92 Å². The van der Waals surface area contributed by atoms with Gasteiger partial charge in [-0.3, -0.25) is 0 Å². The average Bonchev–Trinajstić information content (AvgIpc) is 2.96. The maximum atomic E-state index is 12.9. The maximum absolute atomic E-state index is 12.9. The van der Waals surface area contributed by atoms with Crippen LogP contribution in [0.3, 0.4) is 0 Å². The minimum atomic E-state index is -3.53. The zero-order valence-electron chi connectivity index (χ0n) is 15.0. The topological polar surface area (TPSA) is 61.8 Å². The summed E-state index contributed by atoms with van der Waals surface area (Å²) in [4.78, 5) is 0.449. The van der Waals surface area contributed by atoms with Crippen molar-refractivity contribution in [3.63, 3.8) is 0 Å². The number of allylic oxidation sites excluding steroid dienone is 4. The molecule has 1 aliphatic carbocycles. The Kier molecular flexibility index (Phi) is 5.63. The van der Waals surface area contributed by atoms with Gasteiger partial charge in [0.25, 0.3) is 0 Å². The molecule has 26 heavy (non-hydrogen) atoms. The first-order chi connectivity index (χ1) is 12.2. The van der Waals surface area contributed by atoms with Crippen LogP contribution < -0.4 is 0 Å². The van der Waals surface area contributed by atoms with E-state index >= 15 is 0 Å². The molecule has 1 heterocycles. The van der Waals surface area contributed by atoms with Gasteiger partial charge in [-0.15, -0.1) is 0 Å². The van der Waals surface area contributed by atoms with Crippen molar-refractivity contribution in [1.82, 2.24) is 0 Å². The van der Waals surface area contributed by atoms with E-state index in [1.54, 1.807) is 42.5 Å². The highest BCUT2D eigenvalue weighted by Crippen LogP contribution is 2.37. The predicted octanol–water partition coefficient (Wildman–Crippen LogP) is 3.81. The summed E-state index contributed by atoms with van der Waals surface area (Å²) in [5, 5.41) is 0. The average molecular weight is 443 g/mol. The van der Waals surface area contributed by atoms with Crippen molar-refractivity contribution in [3.8, 4) is 0 Å². The van der Waals surface area contributed by atoms with Crippen LogP contribution in [0.15, 0.2) is 58.0 Å². The van der Waals surface area contributed by atoms with Crippen molar-refractivity contribution in [2.45, 2.75) is 42.4 Å². The first-order valence-corrected chi connectivity index (χ1v) is 10.9. The lowest BCUT2D eigenvalue weighted by atomic mass is 10.0. The lowest BCUT2D eigenvalue weighted by Crippen LogP contribution is -2.28. The molecule has 1 aromatic carbocycles. The predicted molar refractivity (Wildman–Crippen MR) is 103 cm³/mol. The van der Waals surface area contributed by atoms with E-state index in [-0.39, 0.29) is 16.8 Å². The molecule has 0 N–H and O–H groups in total. The third kappa shape index (κ3) is 4.06. The van der Waals surface area contributed by atoms with Crippen molar-refractivity contribution >= 4 is 25.8 Å². The van der Waals surface area contributed by atoms with Crippen LogP contribution in [0.5, 0.6) is 0 Å². The highest BCUT2D eigenvalue weighted by molar-refractivity contribution is 9.09. The molecule has 0 bridgehead atoms. The number of hydrogen-bond acceptors (Lipinski definition) is 5. The van der Waals surface area contributed by atoms with Gasteiger partial charge in [-0.25, -0.2) is 8.42 Å². The molecular weight excluding hydrogens is 420 g/mol. The van der Waals surface area contributed by atoms with Crippen molar-refractivity contribution in [3.05, 3.63) is 53.1 Å². The molecule has 0 saturated carbocycles. The molecule has 2 aliphatic rings. The summed E-state index contributed by atoms with van der Waals surface area (Å²) in [5.41, 5.74) is 0. The van der Waals surface area contributed by atoms with Crippen molar-refractivity contribution in [2.75, 3.05) is 13.2 Å². The normalized spacial score (nSPS) is 28.4. The fraction of sp³-hybridized carbons (Fsp3) is 0.474. The molecule has 0 radical (unpaired) electrons. The van der Waals surface area contributed by atoms with E-state index in [0.717, 1.165) is 0 Å². The largest absolute Gasteiger partial charge is 0.494 e. The summed E-state index contributed by atoms with van der Waals surface area (Å²) in [5.74, 6) is -0.150. The highest BCUT2D eigenvalue weighted by atomic mass is 79.9. The Morgan fingerprint density at radius 1 is 1.23 bits per heavy atom. The lowest BCUT2D eigenvalue weighted by molar-refractivity contribution is -0.143. The minimum Gasteiger partial charge on any atom is -0.494 e. The second-order valence-corrected chi connectivity index (χ2v) is 9.84. The Labute approximate surface area is 163 Å². The third-order valence-corrected chi connectivity index (χ3v) is 7.70. The van der Waals surface area contributed by atoms with Crippen LogP contribution in [0.1, 0.15) is 20.8 Å². The number of halogens is 1. The maximum Gasteiger partial charge on any atom is 0.203 e. The van der Waals surface area contributed by atoms with Gasteiger partial charge in [0.2, 0.25) is 9.84 Å². The van der Waals surface area contributed by atoms with E-state index in [2.05, 4.69) is 15.9 Å². The Balaban J connectivity index is 1.75. The molecule has 7 heteroatoms. The van der Waals surface area contributed by atoms with Crippen molar-refractivity contribution in [2.24, 2.45) is 5.92 Å². The second-order valence-electron chi connectivity index (χ2n) is 6.91. The van der Waals surface area contributed by atoms with Gasteiger partial charge in [-0.1, -0.05) is 41.1 Å². The highest BCUT2D eigenvalue weighted by Gasteiger charge is 2.36. The van der Waals surface area contributed by atoms with Crippen LogP contribution in [0.2, 0.25) is 0 Å². The Morgan fingerprint density at radius 2 is 1.92 bits per heavy atom. The van der Waals surface area contributed by atoms with Crippen LogP contribution in [0.25, 0.3) is 0 Å². The van der Waals surface area contributed by atoms with Gasteiger partial charge in [0.15, 0.2) is 5.79 Å². The number of hydrogen-bond donors (Lipinski definition) is 0. The number of sulfone groups is 1. The Bertz CT molecular complexity index is 814. The second kappa shape index (κ2) is 7.46. The summed E-state index contributed by atoms with van der Waals surface area (Å²) in [6.07, 6.45) is 3.21. The summed E-state index contributed by atoms with van der Waals surface area (Å²) < 4.78 is 42.9. The van der Waals surface area contributed by atoms with Crippen LogP contribution in [-0.4, -0.2) is 38.3 Å². The molecule has 1 saturated heterocycles. The quantitative estimate of drug-likeness (QED) is 0.648. The smallest absolute Gasteiger partial charge is 0.203 e. The van der Waals surface area contributed by atoms with E-state index in [1.165, 1.54) is 0 Å². The minimum absolute atomic E-state index is 0.140. The number of benzene rings is 1. The molecule has 3 rings (SSSR count). The summed E-state index contributed by atoms with van der Waals surface area (Å²) >= 11 is 3.59. The van der Waals surface area contributed by atoms with Gasteiger partial charge >= 0.3 is 0 Å². The fourth-order valence-corrected chi connectivity index (χ4v) is 5.44. The molecule has 1 aromatic rings. The van der Waals surface area contributed by atoms with Crippen LogP contribution in [0.4, 0.5) is 0 Å². The number of rotatable bonds is 5. The Morgan fingerprint density at radius 3 is 2.54 bits per heavy atom. The first kappa shape index (κ1) is 19.6. The fourth-order valence-electron chi connectivity index (χ4n) is 3.03. The molecule has 0 amide bonds. The SMILES string of the molecule is CC1C(S(=O)(=O)c2ccccc2)=CC=C(OCC2COC(C)(C)O2)C1Br. The zero-order chi connectivity index (χ0) is 18.9. The van der Waals surface area contributed by atoms with Gasteiger partial charge in [0.1, 0.15) is 18.5 Å². The van der Waals surface area contributed by atoms with Gasteiger partial charge in [-0.2, -0.15) is 0 Å². The van der Waals surface area contributed by atoms with E-state index in [0.29, 0.717) is 28.8 Å². The number of ether oxygens (including phenoxy) is 3. The van der Waals surface area contributed by atoms with Crippen LogP contribution in [-0.2, 0) is 24.0 Å². The molecule has 1 aliphatic heterocycles. The van der Waals surface area contributed by atoms with Crippen molar-refractivity contribution in [1.29, 1.82) is 0 Å². The van der Waals surface area contributed by atoms with Crippen LogP contribution >= 0.6 is 15.9 Å². The monoisotopic (exact) mass is 442 g/mol. The first-order valence-electron chi connectivity index (χ1n) is 8.51. The summed E-state index contributed by atoms with van der Waals surface area (Å²) in [6.45, 7) is 6.45. The van der Waals surface area contributed by atoms with Crippen molar-refractivity contribution < 1.29 is 22.6 Å². The third-order valence-electron chi connectivity index (χ3n) is 4.44. The van der Waals surface area contributed by atoms with Gasteiger partial charge in [-0.05, 0) is 38.1 Å². The molecule has 0 spiro atoms. The lowest BCUT2D eigenvalue weighted by Gasteiger charge is -2.27. The Hall–Kier alpha value is -1.15. The van der Waals surface area contributed by atoms with E-state index in [4.69, 9.17) is 14.2 Å². The molecule has 3 unspecified atom stereocenters. The molecule has 5 nitrogen and oxygen atoms in total. The van der Waals surface area contributed by atoms with E-state index in [1.807, 2.05) is 20.8 Å². The zero-order valence-corrected chi connectivity index (χ0v) is 17.4. The number of alkyl halides is 1. The van der Waals surface area contributed by atoms with Gasteiger partial charge in [0, 0.05) is 5.92 Å². The molecular formula is C19H23BrO5S. The summed E-state index contributed by atoms with van der Waals surface area (Å²) in [6, 6.07) is 8.47. The van der Waals surface area contributed by atoms with Gasteiger partial charge in [0.05, 0.1) is 21.2 Å². The molecule has 1 fully saturated rings. The standard InChI is InChI=1S/C19H23BrO5S/c1-13-17(26(21,22)15-7-5-4-6-8-15)10-9-16(18(13)20)23-11-14-12-24-19(2,3)25-14/h4-10,13-14,18H,11-12H2,1-3H3. The molecule has 3 atom stereocenters. The van der Waals surface area contributed by atoms with E-state index in [9.17, 15) is 8.42 Å².